The van der Waals surface area contributed by atoms with E-state index in [0.29, 0.717) is 5.56 Å². The van der Waals surface area contributed by atoms with Crippen LogP contribution in [0.5, 0.6) is 0 Å². The van der Waals surface area contributed by atoms with E-state index in [2.05, 4.69) is 15.9 Å². The highest BCUT2D eigenvalue weighted by atomic mass is 79.9. The topological polar surface area (TPSA) is 0 Å². The van der Waals surface area contributed by atoms with Gasteiger partial charge in [0.1, 0.15) is 17.5 Å². The lowest BCUT2D eigenvalue weighted by Gasteiger charge is -2.13. The molecule has 0 N–H and O–H groups in total. The van der Waals surface area contributed by atoms with Gasteiger partial charge in [0.2, 0.25) is 0 Å². The lowest BCUT2D eigenvalue weighted by atomic mass is 10.0. The Morgan fingerprint density at radius 1 is 0.947 bits per heavy atom. The third kappa shape index (κ3) is 3.12. The van der Waals surface area contributed by atoms with Crippen LogP contribution in [0.3, 0.4) is 0 Å². The van der Waals surface area contributed by atoms with E-state index in [1.165, 1.54) is 30.3 Å². The average Bonchev–Trinajstić information content (AvgIpc) is 2.37. The summed E-state index contributed by atoms with van der Waals surface area (Å²) in [5.74, 6) is -1.81. The molecule has 0 spiro atoms. The van der Waals surface area contributed by atoms with Crippen molar-refractivity contribution in [1.82, 2.24) is 0 Å². The zero-order valence-electron chi connectivity index (χ0n) is 9.64. The van der Waals surface area contributed by atoms with E-state index in [-0.39, 0.29) is 17.0 Å². The molecule has 0 fully saturated rings. The molecule has 0 aliphatic heterocycles. The molecular formula is C14H9BrClF3. The van der Waals surface area contributed by atoms with E-state index in [9.17, 15) is 13.2 Å². The first-order valence-electron chi connectivity index (χ1n) is 5.51. The summed E-state index contributed by atoms with van der Waals surface area (Å²) in [7, 11) is 0. The Labute approximate surface area is 122 Å². The van der Waals surface area contributed by atoms with Crippen molar-refractivity contribution >= 4 is 27.5 Å². The second-order valence-corrected chi connectivity index (χ2v) is 5.50. The second-order valence-electron chi connectivity index (χ2n) is 4.01. The summed E-state index contributed by atoms with van der Waals surface area (Å²) in [5, 5.41) is -0.0406. The molecule has 0 bridgehead atoms. The van der Waals surface area contributed by atoms with Crippen molar-refractivity contribution in [3.05, 3.63) is 70.0 Å². The SMILES string of the molecule is Fc1cccc(C(Br)Cc2c(F)cccc2F)c1Cl. The molecule has 1 unspecified atom stereocenters. The second kappa shape index (κ2) is 5.97. The van der Waals surface area contributed by atoms with Crippen LogP contribution < -0.4 is 0 Å². The Morgan fingerprint density at radius 3 is 2.11 bits per heavy atom. The lowest BCUT2D eigenvalue weighted by molar-refractivity contribution is 0.554. The van der Waals surface area contributed by atoms with E-state index >= 15 is 0 Å². The maximum atomic E-state index is 13.5. The largest absolute Gasteiger partial charge is 0.207 e. The fourth-order valence-electron chi connectivity index (χ4n) is 1.78. The van der Waals surface area contributed by atoms with Gasteiger partial charge in [0.15, 0.2) is 0 Å². The van der Waals surface area contributed by atoms with Gasteiger partial charge in [-0.3, -0.25) is 0 Å². The normalized spacial score (nSPS) is 12.5. The molecular weight excluding hydrogens is 341 g/mol. The van der Waals surface area contributed by atoms with Gasteiger partial charge in [-0.15, -0.1) is 0 Å². The molecule has 0 radical (unpaired) electrons. The lowest BCUT2D eigenvalue weighted by Crippen LogP contribution is -2.02. The molecule has 1 atom stereocenters. The fraction of sp³-hybridized carbons (Fsp3) is 0.143. The van der Waals surface area contributed by atoms with Crippen LogP contribution in [0.25, 0.3) is 0 Å². The first-order valence-corrected chi connectivity index (χ1v) is 6.81. The number of hydrogen-bond acceptors (Lipinski definition) is 0. The molecule has 0 saturated carbocycles. The quantitative estimate of drug-likeness (QED) is 0.648. The van der Waals surface area contributed by atoms with Crippen molar-refractivity contribution in [2.45, 2.75) is 11.2 Å². The molecule has 0 amide bonds. The van der Waals surface area contributed by atoms with Gasteiger partial charge in [-0.2, -0.15) is 0 Å². The summed E-state index contributed by atoms with van der Waals surface area (Å²) in [6.07, 6.45) is 0.0433. The Morgan fingerprint density at radius 2 is 1.47 bits per heavy atom. The summed E-state index contributed by atoms with van der Waals surface area (Å²) in [6.45, 7) is 0. The van der Waals surface area contributed by atoms with Gasteiger partial charge in [0, 0.05) is 10.4 Å². The van der Waals surface area contributed by atoms with Crippen molar-refractivity contribution < 1.29 is 13.2 Å². The van der Waals surface area contributed by atoms with E-state index in [0.717, 1.165) is 0 Å². The zero-order valence-corrected chi connectivity index (χ0v) is 12.0. The van der Waals surface area contributed by atoms with Gasteiger partial charge in [-0.05, 0) is 30.2 Å². The van der Waals surface area contributed by atoms with Crippen molar-refractivity contribution in [3.63, 3.8) is 0 Å². The monoisotopic (exact) mass is 348 g/mol. The van der Waals surface area contributed by atoms with Crippen LogP contribution in [0.15, 0.2) is 36.4 Å². The Kier molecular flexibility index (Phi) is 4.53. The van der Waals surface area contributed by atoms with Crippen LogP contribution in [0.4, 0.5) is 13.2 Å². The number of halogens is 5. The van der Waals surface area contributed by atoms with E-state index in [4.69, 9.17) is 11.6 Å². The molecule has 2 aromatic rings. The smallest absolute Gasteiger partial charge is 0.142 e. The third-order valence-electron chi connectivity index (χ3n) is 2.76. The Bertz CT molecular complexity index is 581. The average molecular weight is 350 g/mol. The molecule has 19 heavy (non-hydrogen) atoms. The summed E-state index contributed by atoms with van der Waals surface area (Å²) in [5.41, 5.74) is 0.411. The van der Waals surface area contributed by atoms with Crippen LogP contribution in [-0.2, 0) is 6.42 Å². The predicted octanol–water partition coefficient (Wildman–Crippen LogP) is 5.44. The minimum atomic E-state index is -0.628. The van der Waals surface area contributed by atoms with Gasteiger partial charge in [0.25, 0.3) is 0 Å². The zero-order chi connectivity index (χ0) is 14.0. The highest BCUT2D eigenvalue weighted by Gasteiger charge is 2.18. The first-order chi connectivity index (χ1) is 9.00. The molecule has 0 aliphatic rings. The summed E-state index contributed by atoms with van der Waals surface area (Å²) in [6, 6.07) is 8.02. The number of rotatable bonds is 3. The van der Waals surface area contributed by atoms with E-state index in [1.807, 2.05) is 0 Å². The predicted molar refractivity (Wildman–Crippen MR) is 73.1 cm³/mol. The van der Waals surface area contributed by atoms with Crippen LogP contribution in [0.1, 0.15) is 16.0 Å². The molecule has 2 aromatic carbocycles. The van der Waals surface area contributed by atoms with E-state index in [1.54, 1.807) is 6.07 Å². The number of alkyl halides is 1. The molecule has 5 heteroatoms. The summed E-state index contributed by atoms with van der Waals surface area (Å²) in [4.78, 5) is -0.470. The molecule has 0 aromatic heterocycles. The fourth-order valence-corrected chi connectivity index (χ4v) is 2.87. The van der Waals surface area contributed by atoms with Crippen molar-refractivity contribution in [3.8, 4) is 0 Å². The molecule has 0 nitrogen and oxygen atoms in total. The van der Waals surface area contributed by atoms with E-state index < -0.39 is 22.3 Å². The molecule has 0 aliphatic carbocycles. The highest BCUT2D eigenvalue weighted by molar-refractivity contribution is 9.09. The standard InChI is InChI=1S/C14H9BrClF3/c15-10(8-3-1-6-13(19)14(8)16)7-9-11(17)4-2-5-12(9)18/h1-6,10H,7H2. The van der Waals surface area contributed by atoms with Crippen molar-refractivity contribution in [1.29, 1.82) is 0 Å². The van der Waals surface area contributed by atoms with Crippen molar-refractivity contribution in [2.24, 2.45) is 0 Å². The molecule has 2 rings (SSSR count). The number of hydrogen-bond donors (Lipinski definition) is 0. The van der Waals surface area contributed by atoms with Gasteiger partial charge in [0.05, 0.1) is 5.02 Å². The van der Waals surface area contributed by atoms with Crippen molar-refractivity contribution in [2.75, 3.05) is 0 Å². The summed E-state index contributed by atoms with van der Waals surface area (Å²) >= 11 is 9.13. The minimum absolute atomic E-state index is 0.0406. The molecule has 0 saturated heterocycles. The maximum Gasteiger partial charge on any atom is 0.142 e. The molecule has 0 heterocycles. The van der Waals surface area contributed by atoms with Crippen LogP contribution in [0.2, 0.25) is 5.02 Å². The molecule has 100 valence electrons. The van der Waals surface area contributed by atoms with Gasteiger partial charge >= 0.3 is 0 Å². The van der Waals surface area contributed by atoms with Crippen LogP contribution in [0, 0.1) is 17.5 Å². The van der Waals surface area contributed by atoms with Crippen LogP contribution >= 0.6 is 27.5 Å². The highest BCUT2D eigenvalue weighted by Crippen LogP contribution is 2.34. The Hall–Kier alpha value is -1.00. The minimum Gasteiger partial charge on any atom is -0.207 e. The van der Waals surface area contributed by atoms with Gasteiger partial charge in [-0.1, -0.05) is 45.7 Å². The Balaban J connectivity index is 2.31. The third-order valence-corrected chi connectivity index (χ3v) is 3.98. The summed E-state index contributed by atoms with van der Waals surface area (Å²) < 4.78 is 40.4. The maximum absolute atomic E-state index is 13.5. The van der Waals surface area contributed by atoms with Gasteiger partial charge in [-0.25, -0.2) is 13.2 Å². The number of benzene rings is 2. The van der Waals surface area contributed by atoms with Crippen LogP contribution in [-0.4, -0.2) is 0 Å². The first kappa shape index (κ1) is 14.4. The van der Waals surface area contributed by atoms with Gasteiger partial charge < -0.3 is 0 Å².